The van der Waals surface area contributed by atoms with E-state index in [0.717, 1.165) is 29.4 Å². The Hall–Kier alpha value is -2.86. The Kier molecular flexibility index (Phi) is 6.11. The van der Waals surface area contributed by atoms with Gasteiger partial charge in [0, 0.05) is 18.5 Å². The highest BCUT2D eigenvalue weighted by Gasteiger charge is 2.42. The molecular formula is C27H24Cl2N2O3. The summed E-state index contributed by atoms with van der Waals surface area (Å²) in [5, 5.41) is 3.01. The van der Waals surface area contributed by atoms with Gasteiger partial charge >= 0.3 is 0 Å². The molecule has 3 aromatic carbocycles. The zero-order valence-electron chi connectivity index (χ0n) is 19.0. The number of carbonyl (C=O) groups excluding carboxylic acids is 1. The second-order valence-electron chi connectivity index (χ2n) is 8.44. The number of carbonyl (C=O) groups is 1. The molecule has 1 amide bonds. The lowest BCUT2D eigenvalue weighted by atomic mass is 9.97. The van der Waals surface area contributed by atoms with Crippen LogP contribution in [0.3, 0.4) is 0 Å². The lowest BCUT2D eigenvalue weighted by Gasteiger charge is -2.28. The van der Waals surface area contributed by atoms with Crippen LogP contribution in [0.1, 0.15) is 41.6 Å². The number of benzene rings is 3. The lowest BCUT2D eigenvalue weighted by molar-refractivity contribution is 0.0708. The molecular weight excluding hydrogens is 471 g/mol. The first kappa shape index (κ1) is 22.9. The van der Waals surface area contributed by atoms with Gasteiger partial charge in [-0.2, -0.15) is 0 Å². The van der Waals surface area contributed by atoms with E-state index >= 15 is 0 Å². The van der Waals surface area contributed by atoms with E-state index in [1.807, 2.05) is 36.4 Å². The summed E-state index contributed by atoms with van der Waals surface area (Å²) < 4.78 is 6.24. The molecule has 1 aromatic heterocycles. The van der Waals surface area contributed by atoms with Gasteiger partial charge in [-0.05, 0) is 42.2 Å². The van der Waals surface area contributed by atoms with Crippen LogP contribution in [0.5, 0.6) is 0 Å². The van der Waals surface area contributed by atoms with Crippen molar-refractivity contribution in [1.29, 1.82) is 0 Å². The van der Waals surface area contributed by atoms with E-state index in [4.69, 9.17) is 27.6 Å². The summed E-state index contributed by atoms with van der Waals surface area (Å²) in [7, 11) is 0. The van der Waals surface area contributed by atoms with Gasteiger partial charge in [0.05, 0.1) is 27.0 Å². The van der Waals surface area contributed by atoms with Crippen LogP contribution in [0, 0.1) is 0 Å². The van der Waals surface area contributed by atoms with E-state index in [1.165, 1.54) is 0 Å². The monoisotopic (exact) mass is 494 g/mol. The fourth-order valence-corrected chi connectivity index (χ4v) is 5.10. The average molecular weight is 495 g/mol. The number of hydrogen-bond donors (Lipinski definition) is 0. The summed E-state index contributed by atoms with van der Waals surface area (Å²) in [5.41, 5.74) is 1.32. The van der Waals surface area contributed by atoms with Crippen molar-refractivity contribution in [2.45, 2.75) is 19.9 Å². The van der Waals surface area contributed by atoms with Crippen LogP contribution in [-0.2, 0) is 0 Å². The Bertz CT molecular complexity index is 1480. The van der Waals surface area contributed by atoms with Crippen molar-refractivity contribution in [2.24, 2.45) is 0 Å². The molecule has 174 valence electrons. The van der Waals surface area contributed by atoms with Gasteiger partial charge in [0.2, 0.25) is 5.76 Å². The van der Waals surface area contributed by atoms with Gasteiger partial charge in [0.1, 0.15) is 5.58 Å². The quantitative estimate of drug-likeness (QED) is 0.302. The van der Waals surface area contributed by atoms with Crippen molar-refractivity contribution >= 4 is 50.9 Å². The van der Waals surface area contributed by atoms with E-state index in [2.05, 4.69) is 18.7 Å². The van der Waals surface area contributed by atoms with Gasteiger partial charge < -0.3 is 14.2 Å². The van der Waals surface area contributed by atoms with Crippen LogP contribution < -0.4 is 5.43 Å². The van der Waals surface area contributed by atoms with Crippen molar-refractivity contribution in [3.05, 3.63) is 91.8 Å². The predicted molar refractivity (Wildman–Crippen MR) is 137 cm³/mol. The second kappa shape index (κ2) is 9.06. The zero-order valence-corrected chi connectivity index (χ0v) is 20.5. The summed E-state index contributed by atoms with van der Waals surface area (Å²) in [5.74, 6) is -0.186. The zero-order chi connectivity index (χ0) is 24.0. The lowest BCUT2D eigenvalue weighted by Crippen LogP contribution is -2.37. The molecule has 5 rings (SSSR count). The van der Waals surface area contributed by atoms with Gasteiger partial charge in [-0.15, -0.1) is 0 Å². The number of fused-ring (bicyclic) bond motifs is 4. The van der Waals surface area contributed by atoms with E-state index < -0.39 is 6.04 Å². The molecule has 0 fully saturated rings. The molecule has 0 radical (unpaired) electrons. The highest BCUT2D eigenvalue weighted by molar-refractivity contribution is 6.42. The SMILES string of the molecule is CCN(CC)CCN1C(=O)c2oc3c(ccc4ccccc43)c(=O)c2C1c1ccc(Cl)c(Cl)c1. The van der Waals surface area contributed by atoms with Crippen molar-refractivity contribution in [3.8, 4) is 0 Å². The van der Waals surface area contributed by atoms with Crippen molar-refractivity contribution < 1.29 is 9.21 Å². The highest BCUT2D eigenvalue weighted by atomic mass is 35.5. The highest BCUT2D eigenvalue weighted by Crippen LogP contribution is 2.40. The number of hydrogen-bond acceptors (Lipinski definition) is 4. The third kappa shape index (κ3) is 3.68. The molecule has 5 nitrogen and oxygen atoms in total. The number of amides is 1. The molecule has 34 heavy (non-hydrogen) atoms. The van der Waals surface area contributed by atoms with Gasteiger partial charge in [0.15, 0.2) is 5.43 Å². The fourth-order valence-electron chi connectivity index (χ4n) is 4.80. The van der Waals surface area contributed by atoms with Crippen LogP contribution in [0.4, 0.5) is 0 Å². The van der Waals surface area contributed by atoms with E-state index in [0.29, 0.717) is 39.7 Å². The van der Waals surface area contributed by atoms with Crippen LogP contribution >= 0.6 is 23.2 Å². The fraction of sp³-hybridized carbons (Fsp3) is 0.259. The maximum atomic E-state index is 13.8. The third-order valence-corrected chi connectivity index (χ3v) is 7.41. The van der Waals surface area contributed by atoms with Gasteiger partial charge in [0.25, 0.3) is 5.91 Å². The van der Waals surface area contributed by atoms with Gasteiger partial charge in [-0.25, -0.2) is 0 Å². The normalized spacial score (nSPS) is 15.6. The summed E-state index contributed by atoms with van der Waals surface area (Å²) in [4.78, 5) is 31.5. The summed E-state index contributed by atoms with van der Waals surface area (Å²) in [6, 6.07) is 16.0. The van der Waals surface area contributed by atoms with Crippen LogP contribution in [0.25, 0.3) is 21.7 Å². The topological polar surface area (TPSA) is 53.8 Å². The minimum absolute atomic E-state index is 0.101. The second-order valence-corrected chi connectivity index (χ2v) is 9.25. The molecule has 0 saturated carbocycles. The first-order valence-electron chi connectivity index (χ1n) is 11.4. The molecule has 1 aliphatic heterocycles. The largest absolute Gasteiger partial charge is 0.450 e. The van der Waals surface area contributed by atoms with Crippen LogP contribution in [-0.4, -0.2) is 41.9 Å². The first-order valence-corrected chi connectivity index (χ1v) is 12.2. The molecule has 1 aliphatic rings. The smallest absolute Gasteiger partial charge is 0.290 e. The predicted octanol–water partition coefficient (Wildman–Crippen LogP) is 6.14. The maximum Gasteiger partial charge on any atom is 0.290 e. The Labute approximate surface area is 207 Å². The first-order chi connectivity index (χ1) is 16.4. The summed E-state index contributed by atoms with van der Waals surface area (Å²) in [6.07, 6.45) is 0. The molecule has 0 spiro atoms. The van der Waals surface area contributed by atoms with Gasteiger partial charge in [-0.3, -0.25) is 9.59 Å². The molecule has 0 bridgehead atoms. The molecule has 0 N–H and O–H groups in total. The summed E-state index contributed by atoms with van der Waals surface area (Å²) in [6.45, 7) is 7.05. The Morgan fingerprint density at radius 1 is 0.941 bits per heavy atom. The molecule has 0 saturated heterocycles. The number of rotatable bonds is 6. The molecule has 7 heteroatoms. The Morgan fingerprint density at radius 2 is 1.71 bits per heavy atom. The van der Waals surface area contributed by atoms with Crippen LogP contribution in [0.2, 0.25) is 10.0 Å². The van der Waals surface area contributed by atoms with E-state index in [1.54, 1.807) is 23.1 Å². The molecule has 0 aliphatic carbocycles. The third-order valence-electron chi connectivity index (χ3n) is 6.67. The molecule has 4 aromatic rings. The van der Waals surface area contributed by atoms with Crippen molar-refractivity contribution in [3.63, 3.8) is 0 Å². The Balaban J connectivity index is 1.73. The standard InChI is InChI=1S/C27H24Cl2N2O3/c1-3-30(4-2)13-14-31-23(17-10-12-20(28)21(29)15-17)22-24(32)19-11-9-16-7-5-6-8-18(16)25(19)34-26(22)27(31)33/h5-12,15,23H,3-4,13-14H2,1-2H3. The van der Waals surface area contributed by atoms with Crippen molar-refractivity contribution in [2.75, 3.05) is 26.2 Å². The summed E-state index contributed by atoms with van der Waals surface area (Å²) >= 11 is 12.5. The minimum Gasteiger partial charge on any atom is -0.450 e. The number of likely N-dealkylation sites (N-methyl/N-ethyl adjacent to an activating group) is 1. The van der Waals surface area contributed by atoms with E-state index in [9.17, 15) is 9.59 Å². The number of halogens is 2. The molecule has 2 heterocycles. The minimum atomic E-state index is -0.597. The molecule has 1 unspecified atom stereocenters. The maximum absolute atomic E-state index is 13.8. The Morgan fingerprint density at radius 3 is 2.44 bits per heavy atom. The van der Waals surface area contributed by atoms with Crippen LogP contribution in [0.15, 0.2) is 63.8 Å². The average Bonchev–Trinajstić information content (AvgIpc) is 3.13. The van der Waals surface area contributed by atoms with Crippen molar-refractivity contribution in [1.82, 2.24) is 9.80 Å². The van der Waals surface area contributed by atoms with Gasteiger partial charge in [-0.1, -0.05) is 73.4 Å². The van der Waals surface area contributed by atoms with E-state index in [-0.39, 0.29) is 17.1 Å². The number of nitrogens with zero attached hydrogens (tertiary/aromatic N) is 2. The molecule has 1 atom stereocenters.